The topological polar surface area (TPSA) is 87.6 Å². The van der Waals surface area contributed by atoms with Crippen molar-refractivity contribution < 1.29 is 23.8 Å². The Morgan fingerprint density at radius 3 is 2.67 bits per heavy atom. The van der Waals surface area contributed by atoms with Crippen molar-refractivity contribution in [3.05, 3.63) is 47.2 Å². The normalized spacial score (nSPS) is 11.5. The molecule has 7 nitrogen and oxygen atoms in total. The molecule has 1 aromatic carbocycles. The molecule has 0 fully saturated rings. The van der Waals surface area contributed by atoms with Gasteiger partial charge in [0, 0.05) is 11.8 Å². The zero-order valence-corrected chi connectivity index (χ0v) is 13.7. The predicted octanol–water partition coefficient (Wildman–Crippen LogP) is 1.83. The van der Waals surface area contributed by atoms with Gasteiger partial charge in [0.2, 0.25) is 5.88 Å². The summed E-state index contributed by atoms with van der Waals surface area (Å²) in [6, 6.07) is 8.89. The monoisotopic (exact) mass is 330 g/mol. The second-order valence-electron chi connectivity index (χ2n) is 4.96. The maximum Gasteiger partial charge on any atom is 0.320 e. The molecular formula is C17H18N2O5. The summed E-state index contributed by atoms with van der Waals surface area (Å²) in [5.41, 5.74) is 1.93. The highest BCUT2D eigenvalue weighted by Gasteiger charge is 2.23. The van der Waals surface area contributed by atoms with Crippen molar-refractivity contribution in [1.29, 1.82) is 0 Å². The summed E-state index contributed by atoms with van der Waals surface area (Å²) in [4.78, 5) is 31.2. The minimum atomic E-state index is -0.989. The lowest BCUT2D eigenvalue weighted by Crippen LogP contribution is -2.17. The second-order valence-corrected chi connectivity index (χ2v) is 4.96. The lowest BCUT2D eigenvalue weighted by atomic mass is 9.95. The number of aryl methyl sites for hydroxylation is 1. The average Bonchev–Trinajstić information content (AvgIpc) is 2.60. The molecule has 1 heterocycles. The van der Waals surface area contributed by atoms with Gasteiger partial charge in [0.05, 0.1) is 14.2 Å². The SMILES string of the molecule is COC(=O)C(C=O)c1ccccc1COc1cc(C)nc(OC)n1. The van der Waals surface area contributed by atoms with Crippen LogP contribution in [0.15, 0.2) is 30.3 Å². The molecule has 1 unspecified atom stereocenters. The van der Waals surface area contributed by atoms with E-state index in [1.165, 1.54) is 14.2 Å². The number of ether oxygens (including phenoxy) is 3. The zero-order valence-electron chi connectivity index (χ0n) is 13.7. The van der Waals surface area contributed by atoms with Crippen LogP contribution >= 0.6 is 0 Å². The highest BCUT2D eigenvalue weighted by Crippen LogP contribution is 2.22. The summed E-state index contributed by atoms with van der Waals surface area (Å²) in [5.74, 6) is -1.26. The number of hydrogen-bond acceptors (Lipinski definition) is 7. The molecule has 0 spiro atoms. The first-order valence-corrected chi connectivity index (χ1v) is 7.22. The molecule has 0 amide bonds. The molecule has 1 aromatic heterocycles. The van der Waals surface area contributed by atoms with E-state index in [0.717, 1.165) is 0 Å². The van der Waals surface area contributed by atoms with E-state index in [4.69, 9.17) is 9.47 Å². The summed E-state index contributed by atoms with van der Waals surface area (Å²) >= 11 is 0. The summed E-state index contributed by atoms with van der Waals surface area (Å²) < 4.78 is 15.3. The van der Waals surface area contributed by atoms with Crippen LogP contribution < -0.4 is 9.47 Å². The highest BCUT2D eigenvalue weighted by atomic mass is 16.5. The van der Waals surface area contributed by atoms with Gasteiger partial charge in [0.15, 0.2) is 0 Å². The number of aromatic nitrogens is 2. The molecule has 0 radical (unpaired) electrons. The Hall–Kier alpha value is -2.96. The molecule has 0 bridgehead atoms. The lowest BCUT2D eigenvalue weighted by molar-refractivity contribution is -0.143. The van der Waals surface area contributed by atoms with Crippen LogP contribution in [0.1, 0.15) is 22.7 Å². The molecule has 24 heavy (non-hydrogen) atoms. The second kappa shape index (κ2) is 8.05. The van der Waals surface area contributed by atoms with Crippen molar-refractivity contribution in [2.75, 3.05) is 14.2 Å². The number of methoxy groups -OCH3 is 2. The van der Waals surface area contributed by atoms with Crippen molar-refractivity contribution in [2.45, 2.75) is 19.4 Å². The van der Waals surface area contributed by atoms with Gasteiger partial charge in [-0.05, 0) is 18.1 Å². The maximum absolute atomic E-state index is 11.8. The van der Waals surface area contributed by atoms with Gasteiger partial charge in [0.1, 0.15) is 18.8 Å². The number of hydrogen-bond donors (Lipinski definition) is 0. The Labute approximate surface area is 139 Å². The number of aldehydes is 1. The van der Waals surface area contributed by atoms with Crippen molar-refractivity contribution >= 4 is 12.3 Å². The molecular weight excluding hydrogens is 312 g/mol. The van der Waals surface area contributed by atoms with E-state index in [9.17, 15) is 9.59 Å². The first kappa shape index (κ1) is 17.4. The average molecular weight is 330 g/mol. The van der Waals surface area contributed by atoms with Crippen LogP contribution in [0, 0.1) is 6.92 Å². The van der Waals surface area contributed by atoms with E-state index in [1.54, 1.807) is 37.3 Å². The molecule has 2 aromatic rings. The minimum Gasteiger partial charge on any atom is -0.473 e. The van der Waals surface area contributed by atoms with Gasteiger partial charge >= 0.3 is 12.0 Å². The van der Waals surface area contributed by atoms with Crippen molar-refractivity contribution in [2.24, 2.45) is 0 Å². The van der Waals surface area contributed by atoms with Crippen LogP contribution in [0.5, 0.6) is 11.9 Å². The fraction of sp³-hybridized carbons (Fsp3) is 0.294. The Kier molecular flexibility index (Phi) is 5.83. The van der Waals surface area contributed by atoms with Crippen molar-refractivity contribution in [1.82, 2.24) is 9.97 Å². The number of carbonyl (C=O) groups excluding carboxylic acids is 2. The van der Waals surface area contributed by atoms with E-state index < -0.39 is 11.9 Å². The quantitative estimate of drug-likeness (QED) is 0.435. The third kappa shape index (κ3) is 4.07. The number of carbonyl (C=O) groups is 2. The maximum atomic E-state index is 11.8. The van der Waals surface area contributed by atoms with E-state index in [-0.39, 0.29) is 12.6 Å². The van der Waals surface area contributed by atoms with Gasteiger partial charge in [-0.1, -0.05) is 24.3 Å². The number of esters is 1. The third-order valence-electron chi connectivity index (χ3n) is 3.35. The predicted molar refractivity (Wildman–Crippen MR) is 84.9 cm³/mol. The van der Waals surface area contributed by atoms with Gasteiger partial charge in [-0.2, -0.15) is 4.98 Å². The minimum absolute atomic E-state index is 0.136. The van der Waals surface area contributed by atoms with Gasteiger partial charge in [-0.3, -0.25) is 4.79 Å². The van der Waals surface area contributed by atoms with Crippen LogP contribution in [0.3, 0.4) is 0 Å². The third-order valence-corrected chi connectivity index (χ3v) is 3.35. The Morgan fingerprint density at radius 1 is 1.25 bits per heavy atom. The molecule has 0 N–H and O–H groups in total. The molecule has 2 rings (SSSR count). The molecule has 7 heteroatoms. The van der Waals surface area contributed by atoms with E-state index in [2.05, 4.69) is 14.7 Å². The molecule has 126 valence electrons. The van der Waals surface area contributed by atoms with Crippen molar-refractivity contribution in [3.63, 3.8) is 0 Å². The summed E-state index contributed by atoms with van der Waals surface area (Å²) in [5, 5.41) is 0. The van der Waals surface area contributed by atoms with Crippen LogP contribution in [0.25, 0.3) is 0 Å². The van der Waals surface area contributed by atoms with Crippen LogP contribution in [-0.2, 0) is 20.9 Å². The molecule has 1 atom stereocenters. The van der Waals surface area contributed by atoms with Gasteiger partial charge in [-0.25, -0.2) is 4.98 Å². The van der Waals surface area contributed by atoms with Gasteiger partial charge < -0.3 is 19.0 Å². The standard InChI is InChI=1S/C17H18N2O5/c1-11-8-15(19-17(18-11)23-3)24-10-12-6-4-5-7-13(12)14(9-20)16(21)22-2/h4-9,14H,10H2,1-3H3. The lowest BCUT2D eigenvalue weighted by Gasteiger charge is -2.14. The number of nitrogens with zero attached hydrogens (tertiary/aromatic N) is 2. The van der Waals surface area contributed by atoms with Crippen LogP contribution in [0.2, 0.25) is 0 Å². The Balaban J connectivity index is 2.23. The fourth-order valence-corrected chi connectivity index (χ4v) is 2.18. The fourth-order valence-electron chi connectivity index (χ4n) is 2.18. The smallest absolute Gasteiger partial charge is 0.320 e. The first-order chi connectivity index (χ1) is 11.6. The largest absolute Gasteiger partial charge is 0.473 e. The van der Waals surface area contributed by atoms with Gasteiger partial charge in [-0.15, -0.1) is 0 Å². The Morgan fingerprint density at radius 2 is 2.00 bits per heavy atom. The molecule has 0 saturated heterocycles. The first-order valence-electron chi connectivity index (χ1n) is 7.22. The molecule has 0 saturated carbocycles. The number of rotatable bonds is 7. The van der Waals surface area contributed by atoms with E-state index >= 15 is 0 Å². The summed E-state index contributed by atoms with van der Waals surface area (Å²) in [6.45, 7) is 1.93. The highest BCUT2D eigenvalue weighted by molar-refractivity contribution is 5.94. The molecule has 0 aliphatic carbocycles. The number of benzene rings is 1. The summed E-state index contributed by atoms with van der Waals surface area (Å²) in [7, 11) is 2.72. The summed E-state index contributed by atoms with van der Waals surface area (Å²) in [6.07, 6.45) is 0.558. The van der Waals surface area contributed by atoms with Crippen molar-refractivity contribution in [3.8, 4) is 11.9 Å². The van der Waals surface area contributed by atoms with Gasteiger partial charge in [0.25, 0.3) is 0 Å². The van der Waals surface area contributed by atoms with E-state index in [0.29, 0.717) is 29.0 Å². The van der Waals surface area contributed by atoms with Crippen LogP contribution in [-0.4, -0.2) is 36.4 Å². The van der Waals surface area contributed by atoms with Crippen LogP contribution in [0.4, 0.5) is 0 Å². The molecule has 0 aliphatic rings. The Bertz CT molecular complexity index is 733. The van der Waals surface area contributed by atoms with E-state index in [1.807, 2.05) is 0 Å². The molecule has 0 aliphatic heterocycles. The zero-order chi connectivity index (χ0) is 17.5.